The molecule has 28 heavy (non-hydrogen) atoms. The van der Waals surface area contributed by atoms with E-state index in [1.54, 1.807) is 0 Å². The highest BCUT2D eigenvalue weighted by molar-refractivity contribution is 5.97. The molecule has 0 saturated heterocycles. The molecular weight excluding hydrogens is 348 g/mol. The largest absolute Gasteiger partial charge is 0.478 e. The van der Waals surface area contributed by atoms with Crippen LogP contribution in [0.1, 0.15) is 87.9 Å². The zero-order chi connectivity index (χ0) is 21.5. The quantitative estimate of drug-likeness (QED) is 0.503. The highest BCUT2D eigenvalue weighted by Gasteiger charge is 2.55. The van der Waals surface area contributed by atoms with Gasteiger partial charge in [-0.25, -0.2) is 4.79 Å². The lowest BCUT2D eigenvalue weighted by molar-refractivity contribution is 0.0696. The molecular formula is C24H36N2O2. The molecule has 0 amide bonds. The van der Waals surface area contributed by atoms with Gasteiger partial charge in [0, 0.05) is 11.0 Å². The minimum Gasteiger partial charge on any atom is -0.478 e. The van der Waals surface area contributed by atoms with Gasteiger partial charge < -0.3 is 10.8 Å². The van der Waals surface area contributed by atoms with Crippen LogP contribution in [0.4, 0.5) is 5.69 Å². The average molecular weight is 385 g/mol. The number of rotatable bonds is 5. The predicted molar refractivity (Wildman–Crippen MR) is 118 cm³/mol. The van der Waals surface area contributed by atoms with Gasteiger partial charge in [-0.3, -0.25) is 4.99 Å². The van der Waals surface area contributed by atoms with Crippen LogP contribution in [0.3, 0.4) is 0 Å². The third-order valence-electron chi connectivity index (χ3n) is 6.70. The molecule has 1 aromatic rings. The number of hydrogen-bond donors (Lipinski definition) is 2. The lowest BCUT2D eigenvalue weighted by atomic mass is 9.51. The molecule has 0 unspecified atom stereocenters. The van der Waals surface area contributed by atoms with E-state index in [0.29, 0.717) is 12.1 Å². The molecule has 1 aromatic carbocycles. The predicted octanol–water partition coefficient (Wildman–Crippen LogP) is 5.72. The molecule has 0 aromatic heterocycles. The van der Waals surface area contributed by atoms with Gasteiger partial charge in [-0.05, 0) is 61.9 Å². The summed E-state index contributed by atoms with van der Waals surface area (Å²) in [6.07, 6.45) is 5.59. The molecule has 0 aliphatic heterocycles. The highest BCUT2D eigenvalue weighted by atomic mass is 16.4. The third-order valence-corrected chi connectivity index (χ3v) is 6.70. The molecule has 1 aliphatic carbocycles. The number of allylic oxidation sites excluding steroid dienone is 1. The number of carboxylic acids is 1. The number of carbonyl (C=O) groups is 1. The summed E-state index contributed by atoms with van der Waals surface area (Å²) in [7, 11) is 0. The fraction of sp³-hybridized carbons (Fsp3) is 0.583. The Kier molecular flexibility index (Phi) is 5.96. The van der Waals surface area contributed by atoms with Crippen LogP contribution >= 0.6 is 0 Å². The van der Waals surface area contributed by atoms with Crippen molar-refractivity contribution in [3.8, 4) is 0 Å². The van der Waals surface area contributed by atoms with Crippen molar-refractivity contribution in [3.05, 3.63) is 40.0 Å². The van der Waals surface area contributed by atoms with Crippen molar-refractivity contribution >= 4 is 18.4 Å². The van der Waals surface area contributed by atoms with E-state index in [-0.39, 0.29) is 11.0 Å². The van der Waals surface area contributed by atoms with Gasteiger partial charge in [0.25, 0.3) is 0 Å². The topological polar surface area (TPSA) is 75.7 Å². The van der Waals surface area contributed by atoms with Crippen molar-refractivity contribution in [2.75, 3.05) is 0 Å². The summed E-state index contributed by atoms with van der Waals surface area (Å²) in [5.74, 6) is -0.953. The Morgan fingerprint density at radius 1 is 1.36 bits per heavy atom. The van der Waals surface area contributed by atoms with Crippen molar-refractivity contribution in [2.45, 2.75) is 85.1 Å². The summed E-state index contributed by atoms with van der Waals surface area (Å²) in [6, 6.07) is 2.02. The second-order valence-electron chi connectivity index (χ2n) is 9.58. The van der Waals surface area contributed by atoms with Crippen LogP contribution in [-0.2, 0) is 11.8 Å². The SMILES string of the molecule is C=Nc1c(C(=O)O)c(CCC)cc(C)c1[C@]1(C)C=C(C)CC[C@@]1(N)C(C)(C)C. The number of aromatic carboxylic acids is 1. The summed E-state index contributed by atoms with van der Waals surface area (Å²) in [4.78, 5) is 16.5. The maximum Gasteiger partial charge on any atom is 0.338 e. The van der Waals surface area contributed by atoms with Crippen LogP contribution in [0, 0.1) is 12.3 Å². The van der Waals surface area contributed by atoms with Gasteiger partial charge in [0.2, 0.25) is 0 Å². The van der Waals surface area contributed by atoms with E-state index >= 15 is 0 Å². The van der Waals surface area contributed by atoms with Gasteiger partial charge in [0.15, 0.2) is 0 Å². The molecule has 0 saturated carbocycles. The molecule has 0 spiro atoms. The van der Waals surface area contributed by atoms with Crippen LogP contribution in [0.2, 0.25) is 0 Å². The number of benzene rings is 1. The number of nitrogens with zero attached hydrogens (tertiary/aromatic N) is 1. The minimum atomic E-state index is -0.953. The summed E-state index contributed by atoms with van der Waals surface area (Å²) in [6.45, 7) is 18.6. The van der Waals surface area contributed by atoms with Gasteiger partial charge in [0.1, 0.15) is 0 Å². The van der Waals surface area contributed by atoms with Gasteiger partial charge in [-0.15, -0.1) is 0 Å². The number of aryl methyl sites for hydroxylation is 2. The van der Waals surface area contributed by atoms with Gasteiger partial charge in [-0.1, -0.05) is 58.8 Å². The molecule has 154 valence electrons. The lowest BCUT2D eigenvalue weighted by Gasteiger charge is -2.56. The number of aliphatic imine (C=N–C) groups is 1. The molecule has 0 radical (unpaired) electrons. The third kappa shape index (κ3) is 3.32. The number of hydrogen-bond acceptors (Lipinski definition) is 3. The Morgan fingerprint density at radius 2 is 1.96 bits per heavy atom. The molecule has 1 aliphatic rings. The zero-order valence-corrected chi connectivity index (χ0v) is 18.6. The first-order chi connectivity index (χ1) is 12.8. The summed E-state index contributed by atoms with van der Waals surface area (Å²) in [5, 5.41) is 10.0. The maximum atomic E-state index is 12.2. The zero-order valence-electron chi connectivity index (χ0n) is 18.6. The molecule has 2 rings (SSSR count). The second-order valence-corrected chi connectivity index (χ2v) is 9.58. The van der Waals surface area contributed by atoms with Crippen LogP contribution in [0.5, 0.6) is 0 Å². The summed E-state index contributed by atoms with van der Waals surface area (Å²) >= 11 is 0. The second kappa shape index (κ2) is 7.47. The van der Waals surface area contributed by atoms with E-state index in [2.05, 4.69) is 59.3 Å². The first-order valence-electron chi connectivity index (χ1n) is 10.2. The lowest BCUT2D eigenvalue weighted by Crippen LogP contribution is -2.65. The van der Waals surface area contributed by atoms with Crippen LogP contribution in [0.15, 0.2) is 22.7 Å². The normalized spacial score (nSPS) is 25.4. The van der Waals surface area contributed by atoms with Crippen molar-refractivity contribution in [3.63, 3.8) is 0 Å². The first-order valence-corrected chi connectivity index (χ1v) is 10.2. The molecule has 4 nitrogen and oxygen atoms in total. The average Bonchev–Trinajstić information content (AvgIpc) is 2.56. The molecule has 0 heterocycles. The van der Waals surface area contributed by atoms with Crippen LogP contribution in [0.25, 0.3) is 0 Å². The van der Waals surface area contributed by atoms with Crippen LogP contribution < -0.4 is 5.73 Å². The van der Waals surface area contributed by atoms with Crippen molar-refractivity contribution in [2.24, 2.45) is 16.1 Å². The summed E-state index contributed by atoms with van der Waals surface area (Å²) < 4.78 is 0. The Bertz CT molecular complexity index is 832. The molecule has 3 N–H and O–H groups in total. The smallest absolute Gasteiger partial charge is 0.338 e. The van der Waals surface area contributed by atoms with E-state index in [4.69, 9.17) is 5.73 Å². The van der Waals surface area contributed by atoms with Crippen molar-refractivity contribution in [1.29, 1.82) is 0 Å². The van der Waals surface area contributed by atoms with Crippen molar-refractivity contribution < 1.29 is 9.90 Å². The monoisotopic (exact) mass is 384 g/mol. The van der Waals surface area contributed by atoms with E-state index in [1.165, 1.54) is 5.57 Å². The van der Waals surface area contributed by atoms with Gasteiger partial charge in [-0.2, -0.15) is 0 Å². The number of carboxylic acid groups (broad SMARTS) is 1. The Balaban J connectivity index is 2.99. The van der Waals surface area contributed by atoms with Crippen molar-refractivity contribution in [1.82, 2.24) is 0 Å². The Morgan fingerprint density at radius 3 is 2.43 bits per heavy atom. The van der Waals surface area contributed by atoms with E-state index in [0.717, 1.165) is 36.0 Å². The molecule has 2 atom stereocenters. The molecule has 0 fully saturated rings. The van der Waals surface area contributed by atoms with Crippen LogP contribution in [-0.4, -0.2) is 23.3 Å². The van der Waals surface area contributed by atoms with E-state index < -0.39 is 16.9 Å². The Labute approximate surface area is 169 Å². The van der Waals surface area contributed by atoms with Gasteiger partial charge in [0.05, 0.1) is 11.3 Å². The molecule has 4 heteroatoms. The molecule has 0 bridgehead atoms. The first kappa shape index (κ1) is 22.4. The minimum absolute atomic E-state index is 0.185. The maximum absolute atomic E-state index is 12.2. The standard InChI is InChI=1S/C24H36N2O2/c1-9-10-17-13-16(3)19(20(26-8)18(17)21(27)28)23(7)14-15(2)11-12-24(23,25)22(4,5)6/h13-14H,8-12,25H2,1-7H3,(H,27,28)/t23-,24+/m0/s1. The fourth-order valence-electron chi connectivity index (χ4n) is 5.19. The van der Waals surface area contributed by atoms with E-state index in [9.17, 15) is 9.90 Å². The highest BCUT2D eigenvalue weighted by Crippen LogP contribution is 2.54. The fourth-order valence-corrected chi connectivity index (χ4v) is 5.19. The summed E-state index contributed by atoms with van der Waals surface area (Å²) in [5.41, 5.74) is 10.6. The van der Waals surface area contributed by atoms with Gasteiger partial charge >= 0.3 is 5.97 Å². The van der Waals surface area contributed by atoms with E-state index in [1.807, 2.05) is 13.0 Å². The number of nitrogens with two attached hydrogens (primary N) is 1. The Hall–Kier alpha value is -1.94.